The van der Waals surface area contributed by atoms with Crippen molar-refractivity contribution < 1.29 is 20.1 Å². The number of fused-ring (bicyclic) bond motifs is 5. The van der Waals surface area contributed by atoms with E-state index in [4.69, 9.17) is 6.42 Å². The van der Waals surface area contributed by atoms with Crippen LogP contribution in [0.15, 0.2) is 11.6 Å². The zero-order valence-electron chi connectivity index (χ0n) is 16.7. The van der Waals surface area contributed by atoms with Gasteiger partial charge in [0.15, 0.2) is 5.78 Å². The molecule has 0 aliphatic heterocycles. The van der Waals surface area contributed by atoms with Crippen LogP contribution in [0.25, 0.3) is 0 Å². The predicted octanol–water partition coefficient (Wildman–Crippen LogP) is 2.60. The lowest BCUT2D eigenvalue weighted by Crippen LogP contribution is -2.60. The summed E-state index contributed by atoms with van der Waals surface area (Å²) in [5.41, 5.74) is -2.24. The first kappa shape index (κ1) is 19.2. The number of carbonyl (C=O) groups is 1. The van der Waals surface area contributed by atoms with E-state index >= 15 is 0 Å². The largest absolute Gasteiger partial charge is 0.393 e. The normalized spacial score (nSPS) is 51.3. The molecule has 0 spiro atoms. The molecule has 0 unspecified atom stereocenters. The fraction of sp³-hybridized carbons (Fsp3) is 0.783. The lowest BCUT2D eigenvalue weighted by molar-refractivity contribution is -0.145. The second-order valence-electron chi connectivity index (χ2n) is 10.2. The summed E-state index contributed by atoms with van der Waals surface area (Å²) in [4.78, 5) is 13.0. The van der Waals surface area contributed by atoms with Crippen molar-refractivity contribution in [3.05, 3.63) is 11.6 Å². The standard InChI is InChI=1S/C23H32O4/c1-5-22(4,26)19-8-11-23(27)16-13-18(25)17-12-14(24)6-9-20(17,2)15(16)7-10-21(19,23)3/h1,13-15,17,19,24,26-27H,6-12H2,2-4H3/t14-,15-,17-,19-,20+,21+,22-,23+/m0/s1. The van der Waals surface area contributed by atoms with Gasteiger partial charge in [-0.3, -0.25) is 4.79 Å². The summed E-state index contributed by atoms with van der Waals surface area (Å²) >= 11 is 0. The van der Waals surface area contributed by atoms with Crippen LogP contribution in [-0.4, -0.2) is 38.4 Å². The molecule has 4 aliphatic rings. The zero-order valence-corrected chi connectivity index (χ0v) is 16.7. The molecule has 0 aromatic carbocycles. The molecule has 4 rings (SSSR count). The molecule has 3 saturated carbocycles. The number of aliphatic hydroxyl groups is 3. The number of hydrogen-bond donors (Lipinski definition) is 3. The number of rotatable bonds is 1. The minimum absolute atomic E-state index is 0.0485. The summed E-state index contributed by atoms with van der Waals surface area (Å²) in [5, 5.41) is 32.8. The van der Waals surface area contributed by atoms with Crippen molar-refractivity contribution in [3.8, 4) is 12.3 Å². The predicted molar refractivity (Wildman–Crippen MR) is 103 cm³/mol. The van der Waals surface area contributed by atoms with Gasteiger partial charge in [0.05, 0.1) is 11.7 Å². The lowest BCUT2D eigenvalue weighted by atomic mass is 9.46. The Balaban J connectivity index is 1.79. The first-order valence-corrected chi connectivity index (χ1v) is 10.4. The van der Waals surface area contributed by atoms with Crippen molar-refractivity contribution in [3.63, 3.8) is 0 Å². The Labute approximate surface area is 162 Å². The van der Waals surface area contributed by atoms with E-state index in [1.807, 2.05) is 6.92 Å². The van der Waals surface area contributed by atoms with Crippen LogP contribution >= 0.6 is 0 Å². The van der Waals surface area contributed by atoms with E-state index in [0.717, 1.165) is 24.8 Å². The van der Waals surface area contributed by atoms with Crippen molar-refractivity contribution in [1.82, 2.24) is 0 Å². The summed E-state index contributed by atoms with van der Waals surface area (Å²) in [5.74, 6) is 2.37. The fourth-order valence-electron chi connectivity index (χ4n) is 7.32. The Kier molecular flexibility index (Phi) is 4.04. The number of aliphatic hydroxyl groups excluding tert-OH is 1. The minimum Gasteiger partial charge on any atom is -0.393 e. The Morgan fingerprint density at radius 2 is 1.89 bits per heavy atom. The van der Waals surface area contributed by atoms with Gasteiger partial charge in [-0.05, 0) is 74.9 Å². The summed E-state index contributed by atoms with van der Waals surface area (Å²) in [6, 6.07) is 0. The first-order valence-electron chi connectivity index (χ1n) is 10.4. The molecular formula is C23H32O4. The van der Waals surface area contributed by atoms with Gasteiger partial charge in [0, 0.05) is 17.3 Å². The zero-order chi connectivity index (χ0) is 19.8. The van der Waals surface area contributed by atoms with Crippen LogP contribution in [0, 0.1) is 40.9 Å². The molecule has 0 radical (unpaired) electrons. The molecule has 4 heteroatoms. The van der Waals surface area contributed by atoms with Crippen LogP contribution in [0.5, 0.6) is 0 Å². The van der Waals surface area contributed by atoms with Gasteiger partial charge in [0.25, 0.3) is 0 Å². The third-order valence-electron chi connectivity index (χ3n) is 9.04. The van der Waals surface area contributed by atoms with E-state index in [1.165, 1.54) is 0 Å². The van der Waals surface area contributed by atoms with E-state index in [2.05, 4.69) is 12.8 Å². The molecule has 0 saturated heterocycles. The van der Waals surface area contributed by atoms with E-state index in [0.29, 0.717) is 25.7 Å². The minimum atomic E-state index is -1.27. The number of ketones is 1. The van der Waals surface area contributed by atoms with Gasteiger partial charge >= 0.3 is 0 Å². The van der Waals surface area contributed by atoms with Crippen LogP contribution < -0.4 is 0 Å². The van der Waals surface area contributed by atoms with Gasteiger partial charge in [-0.15, -0.1) is 6.42 Å². The maximum atomic E-state index is 13.0. The van der Waals surface area contributed by atoms with Crippen molar-refractivity contribution in [2.75, 3.05) is 0 Å². The highest BCUT2D eigenvalue weighted by molar-refractivity contribution is 5.95. The third kappa shape index (κ3) is 2.32. The molecule has 4 aliphatic carbocycles. The lowest BCUT2D eigenvalue weighted by Gasteiger charge is -2.60. The molecule has 0 aromatic heterocycles. The maximum absolute atomic E-state index is 13.0. The van der Waals surface area contributed by atoms with Crippen molar-refractivity contribution in [2.24, 2.45) is 28.6 Å². The molecule has 27 heavy (non-hydrogen) atoms. The van der Waals surface area contributed by atoms with Crippen LogP contribution in [0.4, 0.5) is 0 Å². The molecule has 8 atom stereocenters. The molecule has 148 valence electrons. The van der Waals surface area contributed by atoms with Crippen molar-refractivity contribution in [2.45, 2.75) is 83.0 Å². The summed E-state index contributed by atoms with van der Waals surface area (Å²) in [6.45, 7) is 5.88. The second kappa shape index (κ2) is 5.69. The summed E-state index contributed by atoms with van der Waals surface area (Å²) < 4.78 is 0. The molecular weight excluding hydrogens is 340 g/mol. The summed E-state index contributed by atoms with van der Waals surface area (Å²) in [7, 11) is 0. The molecule has 3 N–H and O–H groups in total. The third-order valence-corrected chi connectivity index (χ3v) is 9.04. The molecule has 0 amide bonds. The van der Waals surface area contributed by atoms with Gasteiger partial charge in [-0.2, -0.15) is 0 Å². The van der Waals surface area contributed by atoms with E-state index in [9.17, 15) is 20.1 Å². The average molecular weight is 373 g/mol. The first-order chi connectivity index (χ1) is 12.5. The average Bonchev–Trinajstić information content (AvgIpc) is 2.89. The van der Waals surface area contributed by atoms with Crippen LogP contribution in [0.3, 0.4) is 0 Å². The fourth-order valence-corrected chi connectivity index (χ4v) is 7.32. The number of terminal acetylenes is 1. The molecule has 3 fully saturated rings. The number of hydrogen-bond acceptors (Lipinski definition) is 4. The van der Waals surface area contributed by atoms with Crippen molar-refractivity contribution >= 4 is 5.78 Å². The van der Waals surface area contributed by atoms with Gasteiger partial charge < -0.3 is 15.3 Å². The van der Waals surface area contributed by atoms with Gasteiger partial charge in [-0.25, -0.2) is 0 Å². The second-order valence-corrected chi connectivity index (χ2v) is 10.2. The molecule has 4 nitrogen and oxygen atoms in total. The molecule has 0 aromatic rings. The Hall–Kier alpha value is -1.15. The maximum Gasteiger partial charge on any atom is 0.159 e. The van der Waals surface area contributed by atoms with Crippen LogP contribution in [-0.2, 0) is 4.79 Å². The highest BCUT2D eigenvalue weighted by atomic mass is 16.3. The monoisotopic (exact) mass is 372 g/mol. The Morgan fingerprint density at radius 3 is 2.56 bits per heavy atom. The smallest absolute Gasteiger partial charge is 0.159 e. The van der Waals surface area contributed by atoms with Crippen LogP contribution in [0.2, 0.25) is 0 Å². The van der Waals surface area contributed by atoms with Gasteiger partial charge in [-0.1, -0.05) is 19.8 Å². The highest BCUT2D eigenvalue weighted by Gasteiger charge is 2.67. The Morgan fingerprint density at radius 1 is 1.19 bits per heavy atom. The molecule has 0 heterocycles. The van der Waals surface area contributed by atoms with Gasteiger partial charge in [0.2, 0.25) is 0 Å². The van der Waals surface area contributed by atoms with Gasteiger partial charge in [0.1, 0.15) is 5.60 Å². The van der Waals surface area contributed by atoms with E-state index in [-0.39, 0.29) is 29.0 Å². The van der Waals surface area contributed by atoms with E-state index < -0.39 is 22.7 Å². The topological polar surface area (TPSA) is 77.8 Å². The quantitative estimate of drug-likeness (QED) is 0.618. The molecule has 0 bridgehead atoms. The van der Waals surface area contributed by atoms with Crippen molar-refractivity contribution in [1.29, 1.82) is 0 Å². The summed E-state index contributed by atoms with van der Waals surface area (Å²) in [6.07, 6.45) is 11.8. The Bertz CT molecular complexity index is 746. The van der Waals surface area contributed by atoms with E-state index in [1.54, 1.807) is 13.0 Å². The highest BCUT2D eigenvalue weighted by Crippen LogP contribution is 2.68. The van der Waals surface area contributed by atoms with Crippen LogP contribution in [0.1, 0.15) is 65.7 Å². The SMILES string of the molecule is C#C[C@](C)(O)[C@H]1CC[C@@]2(O)C3=CC(=O)[C@@H]4C[C@@H](O)CC[C@]4(C)[C@H]3CC[C@]12C. The number of allylic oxidation sites excluding steroid dienone is 1. The number of carbonyl (C=O) groups excluding carboxylic acids is 1.